The van der Waals surface area contributed by atoms with Crippen molar-refractivity contribution in [2.24, 2.45) is 0 Å². The van der Waals surface area contributed by atoms with Crippen molar-refractivity contribution in [3.63, 3.8) is 0 Å². The minimum absolute atomic E-state index is 0.0563. The molecule has 0 saturated heterocycles. The molecule has 0 unspecified atom stereocenters. The Bertz CT molecular complexity index is 1090. The highest BCUT2D eigenvalue weighted by molar-refractivity contribution is 6.08. The summed E-state index contributed by atoms with van der Waals surface area (Å²) < 4.78 is 44.6. The topological polar surface area (TPSA) is 98.3 Å². The molecule has 1 aromatic heterocycles. The number of carbonyl (C=O) groups is 1. The number of aromatic nitrogens is 1. The van der Waals surface area contributed by atoms with Crippen molar-refractivity contribution < 1.29 is 27.4 Å². The summed E-state index contributed by atoms with van der Waals surface area (Å²) in [4.78, 5) is 22.4. The largest absolute Gasteiger partial charge is 0.423 e. The van der Waals surface area contributed by atoms with Gasteiger partial charge in [0.05, 0.1) is 10.6 Å². The minimum Gasteiger partial charge on any atom is -0.355 e. The number of hydrogen-bond acceptors (Lipinski definition) is 5. The molecule has 0 aliphatic rings. The summed E-state index contributed by atoms with van der Waals surface area (Å²) in [7, 11) is 0. The van der Waals surface area contributed by atoms with Crippen LogP contribution in [0.15, 0.2) is 47.0 Å². The maximum atomic E-state index is 13.1. The summed E-state index contributed by atoms with van der Waals surface area (Å²) in [5, 5.41) is 16.9. The Labute approximate surface area is 162 Å². The molecule has 2 aromatic carbocycles. The number of nitro benzene ring substituents is 1. The normalized spacial score (nSPS) is 11.3. The van der Waals surface area contributed by atoms with Crippen LogP contribution in [0.4, 0.5) is 24.5 Å². The van der Waals surface area contributed by atoms with Gasteiger partial charge in [-0.2, -0.15) is 13.2 Å². The Morgan fingerprint density at radius 1 is 1.14 bits per heavy atom. The molecule has 7 nitrogen and oxygen atoms in total. The highest BCUT2D eigenvalue weighted by Gasteiger charge is 2.38. The van der Waals surface area contributed by atoms with E-state index in [2.05, 4.69) is 10.5 Å². The highest BCUT2D eigenvalue weighted by atomic mass is 19.4. The summed E-state index contributed by atoms with van der Waals surface area (Å²) in [5.41, 5.74) is -0.944. The first kappa shape index (κ1) is 20.1. The van der Waals surface area contributed by atoms with E-state index in [9.17, 15) is 28.1 Å². The molecule has 3 rings (SSSR count). The van der Waals surface area contributed by atoms with Gasteiger partial charge < -0.3 is 9.84 Å². The number of nitro groups is 1. The van der Waals surface area contributed by atoms with Crippen LogP contribution in [0.3, 0.4) is 0 Å². The fraction of sp³-hybridized carbons (Fsp3) is 0.158. The van der Waals surface area contributed by atoms with E-state index in [1.165, 1.54) is 6.92 Å². The molecular formula is C19H14F3N3O4. The average Bonchev–Trinajstić information content (AvgIpc) is 3.03. The zero-order valence-corrected chi connectivity index (χ0v) is 15.2. The Morgan fingerprint density at radius 2 is 1.79 bits per heavy atom. The number of rotatable bonds is 4. The molecule has 0 radical (unpaired) electrons. The summed E-state index contributed by atoms with van der Waals surface area (Å²) in [5.74, 6) is -0.584. The van der Waals surface area contributed by atoms with E-state index in [1.54, 1.807) is 24.3 Å². The number of alkyl halides is 3. The predicted molar refractivity (Wildman–Crippen MR) is 97.5 cm³/mol. The molecule has 0 saturated carbocycles. The second-order valence-corrected chi connectivity index (χ2v) is 6.28. The van der Waals surface area contributed by atoms with Crippen LogP contribution in [0.25, 0.3) is 11.3 Å². The zero-order chi connectivity index (χ0) is 21.3. The van der Waals surface area contributed by atoms with Gasteiger partial charge in [0.2, 0.25) is 0 Å². The number of hydrogen-bond donors (Lipinski definition) is 1. The maximum Gasteiger partial charge on any atom is 0.423 e. The fourth-order valence-corrected chi connectivity index (χ4v) is 2.73. The molecule has 0 bridgehead atoms. The van der Waals surface area contributed by atoms with Gasteiger partial charge in [-0.1, -0.05) is 35.0 Å². The Hall–Kier alpha value is -3.69. The lowest BCUT2D eigenvalue weighted by molar-refractivity contribution is -0.388. The molecule has 1 N–H and O–H groups in total. The Balaban J connectivity index is 1.97. The first-order chi connectivity index (χ1) is 13.6. The molecule has 0 aliphatic carbocycles. The van der Waals surface area contributed by atoms with Crippen LogP contribution in [0, 0.1) is 24.0 Å². The molecule has 1 heterocycles. The number of carbonyl (C=O) groups excluding carboxylic acids is 1. The van der Waals surface area contributed by atoms with Gasteiger partial charge in [0, 0.05) is 17.3 Å². The van der Waals surface area contributed by atoms with E-state index in [0.29, 0.717) is 17.7 Å². The molecule has 0 aliphatic heterocycles. The molecule has 1 amide bonds. The lowest BCUT2D eigenvalue weighted by atomic mass is 10.0. The smallest absolute Gasteiger partial charge is 0.355 e. The number of benzene rings is 2. The molecule has 150 valence electrons. The SMILES string of the molecule is Cc1ccc(-c2onc(C)c2C(=O)Nc2ccc([N+](=O)[O-])c(C(F)(F)F)c2)cc1. The van der Waals surface area contributed by atoms with Crippen molar-refractivity contribution >= 4 is 17.3 Å². The first-order valence-corrected chi connectivity index (χ1v) is 8.28. The third-order valence-corrected chi connectivity index (χ3v) is 4.16. The predicted octanol–water partition coefficient (Wildman–Crippen LogP) is 5.14. The van der Waals surface area contributed by atoms with E-state index in [0.717, 1.165) is 11.6 Å². The van der Waals surface area contributed by atoms with Gasteiger partial charge >= 0.3 is 6.18 Å². The van der Waals surface area contributed by atoms with Crippen LogP contribution >= 0.6 is 0 Å². The monoisotopic (exact) mass is 405 g/mol. The van der Waals surface area contributed by atoms with Gasteiger partial charge in [0.1, 0.15) is 11.1 Å². The minimum atomic E-state index is -4.96. The lowest BCUT2D eigenvalue weighted by Gasteiger charge is -2.11. The van der Waals surface area contributed by atoms with Gasteiger partial charge in [0.25, 0.3) is 11.6 Å². The first-order valence-electron chi connectivity index (χ1n) is 8.28. The number of anilines is 1. The van der Waals surface area contributed by atoms with Crippen molar-refractivity contribution in [1.29, 1.82) is 0 Å². The van der Waals surface area contributed by atoms with Gasteiger partial charge in [-0.3, -0.25) is 14.9 Å². The van der Waals surface area contributed by atoms with Crippen LogP contribution in [0.1, 0.15) is 27.2 Å². The average molecular weight is 405 g/mol. The molecule has 3 aromatic rings. The standard InChI is InChI=1S/C19H14F3N3O4/c1-10-3-5-12(6-4-10)17-16(11(2)24-29-17)18(26)23-13-7-8-15(25(27)28)14(9-13)19(20,21)22/h3-9H,1-2H3,(H,23,26). The van der Waals surface area contributed by atoms with E-state index >= 15 is 0 Å². The van der Waals surface area contributed by atoms with Crippen LogP contribution in [0.2, 0.25) is 0 Å². The second-order valence-electron chi connectivity index (χ2n) is 6.28. The number of aryl methyl sites for hydroxylation is 2. The van der Waals surface area contributed by atoms with Crippen molar-refractivity contribution in [3.05, 3.63) is 75.0 Å². The summed E-state index contributed by atoms with van der Waals surface area (Å²) in [6, 6.07) is 9.30. The van der Waals surface area contributed by atoms with Crippen LogP contribution in [-0.2, 0) is 6.18 Å². The molecule has 29 heavy (non-hydrogen) atoms. The molecule has 0 atom stereocenters. The van der Waals surface area contributed by atoms with Gasteiger partial charge in [0.15, 0.2) is 5.76 Å². The number of nitrogens with one attached hydrogen (secondary N) is 1. The fourth-order valence-electron chi connectivity index (χ4n) is 2.73. The molecule has 0 fully saturated rings. The van der Waals surface area contributed by atoms with E-state index in [-0.39, 0.29) is 22.7 Å². The summed E-state index contributed by atoms with van der Waals surface area (Å²) in [6.45, 7) is 3.41. The van der Waals surface area contributed by atoms with Gasteiger partial charge in [-0.05, 0) is 26.0 Å². The highest BCUT2D eigenvalue weighted by Crippen LogP contribution is 2.38. The van der Waals surface area contributed by atoms with Crippen molar-refractivity contribution in [2.45, 2.75) is 20.0 Å². The molecular weight excluding hydrogens is 391 g/mol. The molecule has 0 spiro atoms. The third-order valence-electron chi connectivity index (χ3n) is 4.16. The molecule has 10 heteroatoms. The Morgan fingerprint density at radius 3 is 2.38 bits per heavy atom. The maximum absolute atomic E-state index is 13.1. The van der Waals surface area contributed by atoms with Crippen LogP contribution in [0.5, 0.6) is 0 Å². The summed E-state index contributed by atoms with van der Waals surface area (Å²) >= 11 is 0. The number of nitrogens with zero attached hydrogens (tertiary/aromatic N) is 2. The van der Waals surface area contributed by atoms with Gasteiger partial charge in [-0.25, -0.2) is 0 Å². The zero-order valence-electron chi connectivity index (χ0n) is 15.2. The van der Waals surface area contributed by atoms with Crippen molar-refractivity contribution in [3.8, 4) is 11.3 Å². The van der Waals surface area contributed by atoms with Crippen LogP contribution < -0.4 is 5.32 Å². The lowest BCUT2D eigenvalue weighted by Crippen LogP contribution is -2.15. The quantitative estimate of drug-likeness (QED) is 0.479. The number of amides is 1. The van der Waals surface area contributed by atoms with E-state index in [4.69, 9.17) is 4.52 Å². The second kappa shape index (κ2) is 7.38. The van der Waals surface area contributed by atoms with Crippen molar-refractivity contribution in [1.82, 2.24) is 5.16 Å². The van der Waals surface area contributed by atoms with Crippen molar-refractivity contribution in [2.75, 3.05) is 5.32 Å². The van der Waals surface area contributed by atoms with Crippen LogP contribution in [-0.4, -0.2) is 16.0 Å². The van der Waals surface area contributed by atoms with Gasteiger partial charge in [-0.15, -0.1) is 0 Å². The third kappa shape index (κ3) is 4.10. The van der Waals surface area contributed by atoms with E-state index < -0.39 is 28.3 Å². The Kier molecular flexibility index (Phi) is 5.10. The summed E-state index contributed by atoms with van der Waals surface area (Å²) in [6.07, 6.45) is -4.96. The number of halogens is 3. The van der Waals surface area contributed by atoms with E-state index in [1.807, 2.05) is 6.92 Å².